The molecule has 0 aromatic rings. The maximum atomic E-state index is 11.9. The van der Waals surface area contributed by atoms with E-state index in [1.165, 1.54) is 45.3 Å². The van der Waals surface area contributed by atoms with Crippen LogP contribution < -0.4 is 5.32 Å². The van der Waals surface area contributed by atoms with Crippen LogP contribution in [0.2, 0.25) is 0 Å². The fraction of sp³-hybridized carbons (Fsp3) is 0.929. The van der Waals surface area contributed by atoms with E-state index >= 15 is 0 Å². The van der Waals surface area contributed by atoms with Crippen molar-refractivity contribution in [2.75, 3.05) is 32.7 Å². The second-order valence-electron chi connectivity index (χ2n) is 5.96. The van der Waals surface area contributed by atoms with Gasteiger partial charge in [-0.25, -0.2) is 0 Å². The number of likely N-dealkylation sites (tertiary alicyclic amines) is 2. The molecule has 4 nitrogen and oxygen atoms in total. The van der Waals surface area contributed by atoms with Crippen molar-refractivity contribution < 1.29 is 4.79 Å². The standard InChI is InChI=1S/C14H25N3O/c18-14-3-1-2-8-17(14)12-5-9-16(10-6-12)13-4-7-15-11-13/h12-13,15H,1-11H2. The van der Waals surface area contributed by atoms with Gasteiger partial charge >= 0.3 is 0 Å². The van der Waals surface area contributed by atoms with Crippen LogP contribution in [-0.2, 0) is 4.79 Å². The van der Waals surface area contributed by atoms with Gasteiger partial charge in [-0.15, -0.1) is 0 Å². The first-order valence-corrected chi connectivity index (χ1v) is 7.59. The quantitative estimate of drug-likeness (QED) is 0.789. The highest BCUT2D eigenvalue weighted by Crippen LogP contribution is 2.23. The molecule has 0 saturated carbocycles. The van der Waals surface area contributed by atoms with Crippen LogP contribution in [0.25, 0.3) is 0 Å². The predicted molar refractivity (Wildman–Crippen MR) is 71.4 cm³/mol. The second-order valence-corrected chi connectivity index (χ2v) is 5.96. The number of nitrogens with one attached hydrogen (secondary N) is 1. The van der Waals surface area contributed by atoms with Crippen LogP contribution >= 0.6 is 0 Å². The van der Waals surface area contributed by atoms with Crippen molar-refractivity contribution in [1.82, 2.24) is 15.1 Å². The molecule has 18 heavy (non-hydrogen) atoms. The molecule has 3 aliphatic heterocycles. The van der Waals surface area contributed by atoms with E-state index < -0.39 is 0 Å². The fourth-order valence-electron chi connectivity index (χ4n) is 3.73. The Kier molecular flexibility index (Phi) is 3.85. The fourth-order valence-corrected chi connectivity index (χ4v) is 3.73. The molecule has 1 unspecified atom stereocenters. The Labute approximate surface area is 110 Å². The van der Waals surface area contributed by atoms with E-state index in [-0.39, 0.29) is 0 Å². The summed E-state index contributed by atoms with van der Waals surface area (Å²) in [5.74, 6) is 0.405. The van der Waals surface area contributed by atoms with Crippen LogP contribution in [0.15, 0.2) is 0 Å². The van der Waals surface area contributed by atoms with Crippen molar-refractivity contribution in [3.05, 3.63) is 0 Å². The Morgan fingerprint density at radius 1 is 1.00 bits per heavy atom. The molecule has 0 aliphatic carbocycles. The maximum absolute atomic E-state index is 11.9. The zero-order valence-corrected chi connectivity index (χ0v) is 11.2. The molecule has 3 saturated heterocycles. The first-order chi connectivity index (χ1) is 8.84. The minimum Gasteiger partial charge on any atom is -0.340 e. The summed E-state index contributed by atoms with van der Waals surface area (Å²) in [6.07, 6.45) is 6.75. The van der Waals surface area contributed by atoms with Gasteiger partial charge in [-0.05, 0) is 38.6 Å². The SMILES string of the molecule is O=C1CCCCN1C1CCN(C2CCNC2)CC1. The van der Waals surface area contributed by atoms with E-state index in [1.54, 1.807) is 0 Å². The second kappa shape index (κ2) is 5.57. The molecule has 1 amide bonds. The van der Waals surface area contributed by atoms with Crippen LogP contribution in [0.4, 0.5) is 0 Å². The summed E-state index contributed by atoms with van der Waals surface area (Å²) in [4.78, 5) is 16.7. The lowest BCUT2D eigenvalue weighted by molar-refractivity contribution is -0.136. The van der Waals surface area contributed by atoms with E-state index in [1.807, 2.05) is 0 Å². The third kappa shape index (κ3) is 2.54. The van der Waals surface area contributed by atoms with Crippen molar-refractivity contribution in [1.29, 1.82) is 0 Å². The third-order valence-corrected chi connectivity index (χ3v) is 4.85. The molecule has 3 heterocycles. The normalized spacial score (nSPS) is 32.1. The minimum absolute atomic E-state index is 0.405. The first-order valence-electron chi connectivity index (χ1n) is 7.59. The summed E-state index contributed by atoms with van der Waals surface area (Å²) < 4.78 is 0. The van der Waals surface area contributed by atoms with E-state index in [9.17, 15) is 4.79 Å². The van der Waals surface area contributed by atoms with Crippen LogP contribution in [-0.4, -0.2) is 60.5 Å². The van der Waals surface area contributed by atoms with Crippen LogP contribution in [0, 0.1) is 0 Å². The van der Waals surface area contributed by atoms with Gasteiger partial charge in [0.25, 0.3) is 0 Å². The summed E-state index contributed by atoms with van der Waals surface area (Å²) in [6, 6.07) is 1.28. The van der Waals surface area contributed by atoms with Gasteiger partial charge in [0.1, 0.15) is 0 Å². The Morgan fingerprint density at radius 3 is 2.50 bits per heavy atom. The number of hydrogen-bond acceptors (Lipinski definition) is 3. The van der Waals surface area contributed by atoms with E-state index in [0.717, 1.165) is 32.0 Å². The molecule has 3 rings (SSSR count). The van der Waals surface area contributed by atoms with Gasteiger partial charge in [-0.2, -0.15) is 0 Å². The highest BCUT2D eigenvalue weighted by atomic mass is 16.2. The topological polar surface area (TPSA) is 35.6 Å². The number of amides is 1. The number of carbonyl (C=O) groups excluding carboxylic acids is 1. The number of nitrogens with zero attached hydrogens (tertiary/aromatic N) is 2. The van der Waals surface area contributed by atoms with Gasteiger partial charge in [0.2, 0.25) is 5.91 Å². The Bertz CT molecular complexity index is 293. The van der Waals surface area contributed by atoms with Gasteiger partial charge in [0.05, 0.1) is 0 Å². The van der Waals surface area contributed by atoms with Gasteiger partial charge in [-0.3, -0.25) is 9.69 Å². The summed E-state index contributed by atoms with van der Waals surface area (Å²) in [7, 11) is 0. The molecule has 102 valence electrons. The maximum Gasteiger partial charge on any atom is 0.222 e. The lowest BCUT2D eigenvalue weighted by Crippen LogP contribution is -2.51. The summed E-state index contributed by atoms with van der Waals surface area (Å²) >= 11 is 0. The molecule has 0 aromatic heterocycles. The van der Waals surface area contributed by atoms with Crippen LogP contribution in [0.1, 0.15) is 38.5 Å². The highest BCUT2D eigenvalue weighted by Gasteiger charge is 2.32. The average molecular weight is 251 g/mol. The van der Waals surface area contributed by atoms with Crippen molar-refractivity contribution in [2.24, 2.45) is 0 Å². The molecule has 3 aliphatic rings. The highest BCUT2D eigenvalue weighted by molar-refractivity contribution is 5.77. The molecule has 0 radical (unpaired) electrons. The molecular weight excluding hydrogens is 226 g/mol. The van der Waals surface area contributed by atoms with Crippen LogP contribution in [0.5, 0.6) is 0 Å². The number of hydrogen-bond donors (Lipinski definition) is 1. The Morgan fingerprint density at radius 2 is 1.83 bits per heavy atom. The zero-order chi connectivity index (χ0) is 12.4. The average Bonchev–Trinajstić information content (AvgIpc) is 2.94. The van der Waals surface area contributed by atoms with E-state index in [0.29, 0.717) is 11.9 Å². The Hall–Kier alpha value is -0.610. The molecule has 1 atom stereocenters. The van der Waals surface area contributed by atoms with Crippen LogP contribution in [0.3, 0.4) is 0 Å². The minimum atomic E-state index is 0.405. The van der Waals surface area contributed by atoms with Gasteiger partial charge in [0.15, 0.2) is 0 Å². The lowest BCUT2D eigenvalue weighted by Gasteiger charge is -2.41. The summed E-state index contributed by atoms with van der Waals surface area (Å²) in [5.41, 5.74) is 0. The molecule has 3 fully saturated rings. The molecule has 1 N–H and O–H groups in total. The third-order valence-electron chi connectivity index (χ3n) is 4.85. The molecule has 4 heteroatoms. The summed E-state index contributed by atoms with van der Waals surface area (Å²) in [5, 5.41) is 3.45. The first kappa shape index (κ1) is 12.4. The Balaban J connectivity index is 1.51. The number of carbonyl (C=O) groups is 1. The largest absolute Gasteiger partial charge is 0.340 e. The van der Waals surface area contributed by atoms with Gasteiger partial charge in [-0.1, -0.05) is 0 Å². The van der Waals surface area contributed by atoms with Crippen molar-refractivity contribution in [2.45, 2.75) is 50.6 Å². The summed E-state index contributed by atoms with van der Waals surface area (Å²) in [6.45, 7) is 5.71. The van der Waals surface area contributed by atoms with E-state index in [4.69, 9.17) is 0 Å². The molecule has 0 spiro atoms. The molecule has 0 aromatic carbocycles. The van der Waals surface area contributed by atoms with E-state index in [2.05, 4.69) is 15.1 Å². The smallest absolute Gasteiger partial charge is 0.222 e. The van der Waals surface area contributed by atoms with Crippen molar-refractivity contribution in [3.8, 4) is 0 Å². The van der Waals surface area contributed by atoms with Gasteiger partial charge in [0, 0.05) is 44.7 Å². The van der Waals surface area contributed by atoms with Gasteiger partial charge < -0.3 is 10.2 Å². The van der Waals surface area contributed by atoms with Crippen molar-refractivity contribution >= 4 is 5.91 Å². The van der Waals surface area contributed by atoms with Crippen molar-refractivity contribution in [3.63, 3.8) is 0 Å². The lowest BCUT2D eigenvalue weighted by atomic mass is 9.98. The predicted octanol–water partition coefficient (Wildman–Crippen LogP) is 0.825. The molecular formula is C14H25N3O. The monoisotopic (exact) mass is 251 g/mol. The zero-order valence-electron chi connectivity index (χ0n) is 11.2. The molecule has 0 bridgehead atoms. The number of piperidine rings is 2. The number of rotatable bonds is 2.